The van der Waals surface area contributed by atoms with E-state index < -0.39 is 11.6 Å². The number of hydrogen-bond donors (Lipinski definition) is 2. The van der Waals surface area contributed by atoms with Crippen LogP contribution in [-0.4, -0.2) is 22.4 Å². The first kappa shape index (κ1) is 18.1. The Morgan fingerprint density at radius 3 is 2.74 bits per heavy atom. The van der Waals surface area contributed by atoms with E-state index in [2.05, 4.69) is 20.0 Å². The van der Waals surface area contributed by atoms with Crippen molar-refractivity contribution in [2.45, 2.75) is 12.5 Å². The number of ether oxygens (including phenoxy) is 1. The Hall–Kier alpha value is -2.29. The van der Waals surface area contributed by atoms with Gasteiger partial charge in [-0.25, -0.2) is 13.8 Å². The molecule has 1 aliphatic heterocycles. The Balaban J connectivity index is 1.52. The molecule has 0 radical (unpaired) electrons. The molecule has 2 N–H and O–H groups in total. The molecule has 9 heteroatoms. The minimum Gasteiger partial charge on any atom is -0.454 e. The minimum atomic E-state index is -0.655. The Labute approximate surface area is 163 Å². The molecule has 1 fully saturated rings. The Morgan fingerprint density at radius 2 is 2.04 bits per heavy atom. The summed E-state index contributed by atoms with van der Waals surface area (Å²) in [6, 6.07) is 7.40. The number of halogens is 3. The molecule has 0 atom stereocenters. The van der Waals surface area contributed by atoms with Gasteiger partial charge in [0.1, 0.15) is 17.9 Å². The van der Waals surface area contributed by atoms with Crippen LogP contribution in [0.3, 0.4) is 0 Å². The van der Waals surface area contributed by atoms with Crippen LogP contribution < -0.4 is 15.4 Å². The van der Waals surface area contributed by atoms with Crippen molar-refractivity contribution in [2.24, 2.45) is 0 Å². The van der Waals surface area contributed by atoms with Gasteiger partial charge < -0.3 is 15.4 Å². The number of nitrogens with zero attached hydrogens (tertiary/aromatic N) is 2. The summed E-state index contributed by atoms with van der Waals surface area (Å²) >= 11 is 7.28. The lowest BCUT2D eigenvalue weighted by Gasteiger charge is -2.28. The van der Waals surface area contributed by atoms with Gasteiger partial charge >= 0.3 is 0 Å². The number of aromatic nitrogens is 2. The highest BCUT2D eigenvalue weighted by Gasteiger charge is 2.20. The maximum atomic E-state index is 14.4. The molecule has 3 aromatic rings. The molecule has 2 aromatic carbocycles. The summed E-state index contributed by atoms with van der Waals surface area (Å²) in [7, 11) is 0. The molecule has 1 saturated heterocycles. The van der Waals surface area contributed by atoms with Gasteiger partial charge in [0.2, 0.25) is 5.13 Å². The second kappa shape index (κ2) is 7.75. The maximum absolute atomic E-state index is 14.4. The average molecular weight is 409 g/mol. The standard InChI is InChI=1S/C18H15ClF2N4OS/c19-13-1-10(12-6-22-7-12)2-14(4-13)26-17-5-15(20)11(3-16(17)21)8-23-18-24-9-25-27-18/h1-5,9,12,22H,6-8H2,(H,23,24,25). The van der Waals surface area contributed by atoms with Crippen LogP contribution in [0.1, 0.15) is 17.0 Å². The van der Waals surface area contributed by atoms with Gasteiger partial charge in [-0.1, -0.05) is 11.6 Å². The first-order valence-corrected chi connectivity index (χ1v) is 9.41. The van der Waals surface area contributed by atoms with E-state index in [1.807, 2.05) is 6.07 Å². The first-order valence-electron chi connectivity index (χ1n) is 8.26. The highest BCUT2D eigenvalue weighted by molar-refractivity contribution is 7.09. The van der Waals surface area contributed by atoms with Crippen molar-refractivity contribution in [3.05, 3.63) is 64.4 Å². The smallest absolute Gasteiger partial charge is 0.202 e. The van der Waals surface area contributed by atoms with Gasteiger partial charge in [0, 0.05) is 53.7 Å². The fraction of sp³-hybridized carbons (Fsp3) is 0.222. The van der Waals surface area contributed by atoms with E-state index in [4.69, 9.17) is 16.3 Å². The molecular formula is C18H15ClF2N4OS. The molecule has 0 amide bonds. The van der Waals surface area contributed by atoms with Crippen molar-refractivity contribution in [1.82, 2.24) is 14.7 Å². The topological polar surface area (TPSA) is 59.1 Å². The van der Waals surface area contributed by atoms with E-state index >= 15 is 0 Å². The third-order valence-electron chi connectivity index (χ3n) is 4.27. The van der Waals surface area contributed by atoms with E-state index in [9.17, 15) is 8.78 Å². The molecule has 0 saturated carbocycles. The zero-order valence-corrected chi connectivity index (χ0v) is 15.6. The fourth-order valence-electron chi connectivity index (χ4n) is 2.74. The predicted molar refractivity (Wildman–Crippen MR) is 101 cm³/mol. The lowest BCUT2D eigenvalue weighted by atomic mass is 9.94. The fourth-order valence-corrected chi connectivity index (χ4v) is 3.39. The second-order valence-electron chi connectivity index (χ2n) is 6.15. The summed E-state index contributed by atoms with van der Waals surface area (Å²) in [4.78, 5) is 3.94. The van der Waals surface area contributed by atoms with Crippen LogP contribution in [-0.2, 0) is 6.54 Å². The van der Waals surface area contributed by atoms with Crippen LogP contribution >= 0.6 is 23.1 Å². The van der Waals surface area contributed by atoms with E-state index in [0.29, 0.717) is 21.8 Å². The third-order valence-corrected chi connectivity index (χ3v) is 5.11. The van der Waals surface area contributed by atoms with Crippen LogP contribution in [0.5, 0.6) is 11.5 Å². The molecule has 140 valence electrons. The number of benzene rings is 2. The van der Waals surface area contributed by atoms with E-state index in [1.165, 1.54) is 6.33 Å². The van der Waals surface area contributed by atoms with Gasteiger partial charge in [-0.2, -0.15) is 4.37 Å². The van der Waals surface area contributed by atoms with Gasteiger partial charge in [-0.05, 0) is 29.8 Å². The van der Waals surface area contributed by atoms with E-state index in [-0.39, 0.29) is 17.9 Å². The van der Waals surface area contributed by atoms with Crippen LogP contribution in [0.2, 0.25) is 5.02 Å². The number of hydrogen-bond acceptors (Lipinski definition) is 6. The number of rotatable bonds is 6. The summed E-state index contributed by atoms with van der Waals surface area (Å²) in [6.07, 6.45) is 1.39. The lowest BCUT2D eigenvalue weighted by molar-refractivity contribution is 0.427. The number of nitrogens with one attached hydrogen (secondary N) is 2. The predicted octanol–water partition coefficient (Wildman–Crippen LogP) is 4.56. The summed E-state index contributed by atoms with van der Waals surface area (Å²) < 4.78 is 38.2. The highest BCUT2D eigenvalue weighted by Crippen LogP contribution is 2.32. The first-order chi connectivity index (χ1) is 13.1. The monoisotopic (exact) mass is 408 g/mol. The Morgan fingerprint density at radius 1 is 1.19 bits per heavy atom. The maximum Gasteiger partial charge on any atom is 0.202 e. The molecule has 27 heavy (non-hydrogen) atoms. The van der Waals surface area contributed by atoms with Crippen molar-refractivity contribution in [1.29, 1.82) is 0 Å². The van der Waals surface area contributed by atoms with Gasteiger partial charge in [0.25, 0.3) is 0 Å². The quantitative estimate of drug-likeness (QED) is 0.626. The molecule has 0 bridgehead atoms. The second-order valence-corrected chi connectivity index (χ2v) is 7.37. The van der Waals surface area contributed by atoms with Gasteiger partial charge in [-0.3, -0.25) is 0 Å². The Bertz CT molecular complexity index is 951. The van der Waals surface area contributed by atoms with Crippen molar-refractivity contribution < 1.29 is 13.5 Å². The molecule has 0 spiro atoms. The zero-order chi connectivity index (χ0) is 18.8. The van der Waals surface area contributed by atoms with Crippen molar-refractivity contribution in [3.8, 4) is 11.5 Å². The van der Waals surface area contributed by atoms with Gasteiger partial charge in [0.15, 0.2) is 11.6 Å². The molecule has 1 aliphatic rings. The van der Waals surface area contributed by atoms with Crippen molar-refractivity contribution in [2.75, 3.05) is 18.4 Å². The minimum absolute atomic E-state index is 0.0915. The molecule has 2 heterocycles. The molecule has 0 aliphatic carbocycles. The summed E-state index contributed by atoms with van der Waals surface area (Å²) in [5, 5.41) is 7.11. The SMILES string of the molecule is Fc1cc(Oc2cc(Cl)cc(C3CNC3)c2)c(F)cc1CNc1ncns1. The van der Waals surface area contributed by atoms with Crippen molar-refractivity contribution >= 4 is 28.3 Å². The van der Waals surface area contributed by atoms with Crippen LogP contribution in [0, 0.1) is 11.6 Å². The Kier molecular flexibility index (Phi) is 5.20. The summed E-state index contributed by atoms with van der Waals surface area (Å²) in [5.41, 5.74) is 1.18. The normalized spacial score (nSPS) is 14.0. The van der Waals surface area contributed by atoms with E-state index in [1.54, 1.807) is 12.1 Å². The van der Waals surface area contributed by atoms with Gasteiger partial charge in [0.05, 0.1) is 0 Å². The molecular weight excluding hydrogens is 394 g/mol. The zero-order valence-electron chi connectivity index (χ0n) is 14.0. The lowest BCUT2D eigenvalue weighted by Crippen LogP contribution is -2.39. The third kappa shape index (κ3) is 4.18. The highest BCUT2D eigenvalue weighted by atomic mass is 35.5. The van der Waals surface area contributed by atoms with Crippen LogP contribution in [0.25, 0.3) is 0 Å². The molecule has 5 nitrogen and oxygen atoms in total. The average Bonchev–Trinajstić information content (AvgIpc) is 3.08. The summed E-state index contributed by atoms with van der Waals surface area (Å²) in [5.74, 6) is -0.692. The van der Waals surface area contributed by atoms with Crippen LogP contribution in [0.4, 0.5) is 13.9 Å². The van der Waals surface area contributed by atoms with E-state index in [0.717, 1.165) is 42.3 Å². The molecule has 4 rings (SSSR count). The number of anilines is 1. The van der Waals surface area contributed by atoms with Gasteiger partial charge in [-0.15, -0.1) is 0 Å². The molecule has 1 aromatic heterocycles. The largest absolute Gasteiger partial charge is 0.454 e. The van der Waals surface area contributed by atoms with Crippen LogP contribution in [0.15, 0.2) is 36.7 Å². The summed E-state index contributed by atoms with van der Waals surface area (Å²) in [6.45, 7) is 1.81. The molecule has 0 unspecified atom stereocenters. The van der Waals surface area contributed by atoms with Crippen molar-refractivity contribution in [3.63, 3.8) is 0 Å².